The van der Waals surface area contributed by atoms with Crippen molar-refractivity contribution in [1.82, 2.24) is 5.32 Å². The van der Waals surface area contributed by atoms with Gasteiger partial charge in [-0.2, -0.15) is 0 Å². The third-order valence-electron chi connectivity index (χ3n) is 3.29. The summed E-state index contributed by atoms with van der Waals surface area (Å²) >= 11 is 0. The molecule has 0 aromatic heterocycles. The standard InChI is InChI=1S/C15H24N2O/c1-11(15(2,3)4)17-14(18)13(16)10-12-8-6-5-7-9-12/h5-9,11,13H,10,16H2,1-4H3,(H,17,18). The quantitative estimate of drug-likeness (QED) is 0.857. The Labute approximate surface area is 110 Å². The highest BCUT2D eigenvalue weighted by atomic mass is 16.2. The normalized spacial score (nSPS) is 14.9. The highest BCUT2D eigenvalue weighted by molar-refractivity contribution is 5.82. The molecule has 100 valence electrons. The monoisotopic (exact) mass is 248 g/mol. The molecule has 0 bridgehead atoms. The van der Waals surface area contributed by atoms with Gasteiger partial charge in [0.1, 0.15) is 0 Å². The fourth-order valence-electron chi connectivity index (χ4n) is 1.50. The van der Waals surface area contributed by atoms with E-state index in [2.05, 4.69) is 26.1 Å². The zero-order chi connectivity index (χ0) is 13.8. The first-order valence-electron chi connectivity index (χ1n) is 6.40. The molecular weight excluding hydrogens is 224 g/mol. The van der Waals surface area contributed by atoms with Crippen LogP contribution in [0.2, 0.25) is 0 Å². The topological polar surface area (TPSA) is 55.1 Å². The molecule has 0 saturated carbocycles. The maximum Gasteiger partial charge on any atom is 0.237 e. The predicted molar refractivity (Wildman–Crippen MR) is 75.2 cm³/mol. The molecule has 18 heavy (non-hydrogen) atoms. The van der Waals surface area contributed by atoms with E-state index in [1.54, 1.807) is 0 Å². The summed E-state index contributed by atoms with van der Waals surface area (Å²) in [4.78, 5) is 12.0. The molecule has 2 atom stereocenters. The third kappa shape index (κ3) is 4.49. The van der Waals surface area contributed by atoms with Gasteiger partial charge in [-0.15, -0.1) is 0 Å². The fourth-order valence-corrected chi connectivity index (χ4v) is 1.50. The molecule has 0 radical (unpaired) electrons. The van der Waals surface area contributed by atoms with E-state index >= 15 is 0 Å². The first-order chi connectivity index (χ1) is 8.30. The smallest absolute Gasteiger partial charge is 0.237 e. The van der Waals surface area contributed by atoms with E-state index in [0.29, 0.717) is 6.42 Å². The minimum absolute atomic E-state index is 0.0438. The van der Waals surface area contributed by atoms with Crippen LogP contribution in [0.25, 0.3) is 0 Å². The lowest BCUT2D eigenvalue weighted by molar-refractivity contribution is -0.123. The van der Waals surface area contributed by atoms with Gasteiger partial charge in [0.25, 0.3) is 0 Å². The molecule has 0 aliphatic heterocycles. The van der Waals surface area contributed by atoms with Crippen LogP contribution in [0.3, 0.4) is 0 Å². The number of amides is 1. The molecule has 0 spiro atoms. The molecule has 1 aromatic carbocycles. The largest absolute Gasteiger partial charge is 0.352 e. The van der Waals surface area contributed by atoms with Crippen molar-refractivity contribution in [3.8, 4) is 0 Å². The van der Waals surface area contributed by atoms with Gasteiger partial charge in [-0.05, 0) is 24.3 Å². The number of rotatable bonds is 4. The van der Waals surface area contributed by atoms with Gasteiger partial charge in [0.05, 0.1) is 6.04 Å². The van der Waals surface area contributed by atoms with E-state index in [-0.39, 0.29) is 17.4 Å². The predicted octanol–water partition coefficient (Wildman–Crippen LogP) is 2.11. The number of carbonyl (C=O) groups is 1. The molecule has 3 nitrogen and oxygen atoms in total. The molecular formula is C15H24N2O. The van der Waals surface area contributed by atoms with Gasteiger partial charge in [-0.25, -0.2) is 0 Å². The van der Waals surface area contributed by atoms with Crippen molar-refractivity contribution in [2.24, 2.45) is 11.1 Å². The van der Waals surface area contributed by atoms with Gasteiger partial charge in [-0.1, -0.05) is 51.1 Å². The Hall–Kier alpha value is -1.35. The van der Waals surface area contributed by atoms with Crippen LogP contribution in [-0.4, -0.2) is 18.0 Å². The molecule has 0 aliphatic rings. The molecule has 3 heteroatoms. The number of nitrogens with two attached hydrogens (primary N) is 1. The Bertz CT molecular complexity index is 381. The minimum atomic E-state index is -0.489. The first-order valence-corrected chi connectivity index (χ1v) is 6.40. The second-order valence-electron chi connectivity index (χ2n) is 5.89. The number of hydrogen-bond acceptors (Lipinski definition) is 2. The SMILES string of the molecule is CC(NC(=O)C(N)Cc1ccccc1)C(C)(C)C. The van der Waals surface area contributed by atoms with Gasteiger partial charge in [-0.3, -0.25) is 4.79 Å². The van der Waals surface area contributed by atoms with Crippen LogP contribution in [0.5, 0.6) is 0 Å². The second-order valence-corrected chi connectivity index (χ2v) is 5.89. The summed E-state index contributed by atoms with van der Waals surface area (Å²) in [5.41, 5.74) is 7.06. The Morgan fingerprint density at radius 3 is 2.33 bits per heavy atom. The molecule has 3 N–H and O–H groups in total. The summed E-state index contributed by atoms with van der Waals surface area (Å²) in [6.45, 7) is 8.30. The second kappa shape index (κ2) is 6.01. The molecule has 1 amide bonds. The Morgan fingerprint density at radius 1 is 1.28 bits per heavy atom. The average Bonchev–Trinajstić information content (AvgIpc) is 2.28. The molecule has 1 rings (SSSR count). The van der Waals surface area contributed by atoms with Crippen molar-refractivity contribution >= 4 is 5.91 Å². The van der Waals surface area contributed by atoms with Crippen LogP contribution < -0.4 is 11.1 Å². The van der Waals surface area contributed by atoms with E-state index in [1.807, 2.05) is 37.3 Å². The van der Waals surface area contributed by atoms with Crippen molar-refractivity contribution in [3.63, 3.8) is 0 Å². The lowest BCUT2D eigenvalue weighted by Gasteiger charge is -2.29. The van der Waals surface area contributed by atoms with Crippen molar-refractivity contribution in [2.45, 2.75) is 46.2 Å². The number of nitrogens with one attached hydrogen (secondary N) is 1. The van der Waals surface area contributed by atoms with Crippen molar-refractivity contribution in [3.05, 3.63) is 35.9 Å². The summed E-state index contributed by atoms with van der Waals surface area (Å²) in [6, 6.07) is 9.46. The number of carbonyl (C=O) groups excluding carboxylic acids is 1. The van der Waals surface area contributed by atoms with Crippen LogP contribution >= 0.6 is 0 Å². The highest BCUT2D eigenvalue weighted by Gasteiger charge is 2.24. The van der Waals surface area contributed by atoms with Crippen molar-refractivity contribution in [1.29, 1.82) is 0 Å². The molecule has 0 aliphatic carbocycles. The van der Waals surface area contributed by atoms with Gasteiger partial charge >= 0.3 is 0 Å². The Balaban J connectivity index is 2.52. The maximum atomic E-state index is 12.0. The fraction of sp³-hybridized carbons (Fsp3) is 0.533. The molecule has 0 saturated heterocycles. The van der Waals surface area contributed by atoms with E-state index in [1.165, 1.54) is 0 Å². The van der Waals surface area contributed by atoms with E-state index < -0.39 is 6.04 Å². The summed E-state index contributed by atoms with van der Waals surface area (Å²) in [5.74, 6) is -0.0821. The lowest BCUT2D eigenvalue weighted by Crippen LogP contribution is -2.49. The summed E-state index contributed by atoms with van der Waals surface area (Å²) in [6.07, 6.45) is 0.573. The van der Waals surface area contributed by atoms with Gasteiger partial charge in [0.15, 0.2) is 0 Å². The van der Waals surface area contributed by atoms with Crippen LogP contribution in [0, 0.1) is 5.41 Å². The van der Waals surface area contributed by atoms with Crippen molar-refractivity contribution in [2.75, 3.05) is 0 Å². The van der Waals surface area contributed by atoms with Gasteiger partial charge < -0.3 is 11.1 Å². The Morgan fingerprint density at radius 2 is 1.83 bits per heavy atom. The van der Waals surface area contributed by atoms with Crippen molar-refractivity contribution < 1.29 is 4.79 Å². The number of benzene rings is 1. The average molecular weight is 248 g/mol. The summed E-state index contributed by atoms with van der Waals surface area (Å²) < 4.78 is 0. The van der Waals surface area contributed by atoms with Gasteiger partial charge in [0.2, 0.25) is 5.91 Å². The van der Waals surface area contributed by atoms with E-state index in [9.17, 15) is 4.79 Å². The molecule has 2 unspecified atom stereocenters. The van der Waals surface area contributed by atoms with Crippen LogP contribution in [-0.2, 0) is 11.2 Å². The van der Waals surface area contributed by atoms with E-state index in [0.717, 1.165) is 5.56 Å². The summed E-state index contributed by atoms with van der Waals surface area (Å²) in [5, 5.41) is 2.98. The zero-order valence-electron chi connectivity index (χ0n) is 11.7. The highest BCUT2D eigenvalue weighted by Crippen LogP contribution is 2.18. The summed E-state index contributed by atoms with van der Waals surface area (Å²) in [7, 11) is 0. The van der Waals surface area contributed by atoms with Crippen LogP contribution in [0.4, 0.5) is 0 Å². The zero-order valence-corrected chi connectivity index (χ0v) is 11.7. The molecule has 0 fully saturated rings. The van der Waals surface area contributed by atoms with Crippen LogP contribution in [0.15, 0.2) is 30.3 Å². The Kier molecular flexibility index (Phi) is 4.91. The van der Waals surface area contributed by atoms with E-state index in [4.69, 9.17) is 5.73 Å². The molecule has 0 heterocycles. The third-order valence-corrected chi connectivity index (χ3v) is 3.29. The molecule has 1 aromatic rings. The van der Waals surface area contributed by atoms with Crippen LogP contribution in [0.1, 0.15) is 33.3 Å². The first kappa shape index (κ1) is 14.7. The lowest BCUT2D eigenvalue weighted by atomic mass is 9.88. The van der Waals surface area contributed by atoms with Gasteiger partial charge in [0, 0.05) is 6.04 Å². The maximum absolute atomic E-state index is 12.0. The number of hydrogen-bond donors (Lipinski definition) is 2. The minimum Gasteiger partial charge on any atom is -0.352 e.